The van der Waals surface area contributed by atoms with Crippen molar-refractivity contribution < 1.29 is 37.7 Å². The Kier molecular flexibility index (Phi) is 7.63. The number of rotatable bonds is 7. The standard InChI is InChI=1S/C24H28O8S/c1-3-31-23(27)18-14-19(25)20(24(28)32-4-2)22(21(18)26)33(29,30)17-12-10-16(11-13-17)15-8-6-5-7-9-15/h10-15,25-26H,3-9H2,1-2H3. The fourth-order valence-electron chi connectivity index (χ4n) is 4.13. The third-order valence-electron chi connectivity index (χ3n) is 5.75. The largest absolute Gasteiger partial charge is 0.507 e. The maximum atomic E-state index is 13.5. The van der Waals surface area contributed by atoms with Crippen LogP contribution in [-0.4, -0.2) is 43.8 Å². The van der Waals surface area contributed by atoms with Crippen LogP contribution >= 0.6 is 0 Å². The highest BCUT2D eigenvalue weighted by atomic mass is 32.2. The molecule has 0 amide bonds. The van der Waals surface area contributed by atoms with Crippen LogP contribution in [0.1, 0.15) is 78.1 Å². The molecule has 1 saturated carbocycles. The Labute approximate surface area is 193 Å². The Balaban J connectivity index is 2.15. The van der Waals surface area contributed by atoms with Crippen molar-refractivity contribution in [1.82, 2.24) is 0 Å². The normalized spacial score (nSPS) is 14.6. The van der Waals surface area contributed by atoms with Crippen LogP contribution in [0.3, 0.4) is 0 Å². The second kappa shape index (κ2) is 10.2. The highest BCUT2D eigenvalue weighted by Crippen LogP contribution is 2.41. The number of hydrogen-bond donors (Lipinski definition) is 2. The van der Waals surface area contributed by atoms with Gasteiger partial charge in [-0.05, 0) is 56.4 Å². The van der Waals surface area contributed by atoms with Crippen molar-refractivity contribution >= 4 is 21.8 Å². The summed E-state index contributed by atoms with van der Waals surface area (Å²) < 4.78 is 36.8. The number of hydrogen-bond acceptors (Lipinski definition) is 8. The van der Waals surface area contributed by atoms with Crippen molar-refractivity contribution in [2.24, 2.45) is 0 Å². The van der Waals surface area contributed by atoms with E-state index in [0.29, 0.717) is 5.92 Å². The van der Waals surface area contributed by atoms with Crippen LogP contribution in [0.5, 0.6) is 11.5 Å². The first-order chi connectivity index (χ1) is 15.7. The van der Waals surface area contributed by atoms with E-state index in [4.69, 9.17) is 9.47 Å². The van der Waals surface area contributed by atoms with Crippen LogP contribution in [0.4, 0.5) is 0 Å². The third-order valence-corrected chi connectivity index (χ3v) is 7.57. The van der Waals surface area contributed by atoms with E-state index in [0.717, 1.165) is 37.3 Å². The molecule has 1 aliphatic carbocycles. The summed E-state index contributed by atoms with van der Waals surface area (Å²) in [4.78, 5) is 23.7. The molecule has 0 aromatic heterocycles. The SMILES string of the molecule is CCOC(=O)c1cc(O)c(C(=O)OCC)c(S(=O)(=O)c2ccc(C3CCCCC3)cc2)c1O. The maximum absolute atomic E-state index is 13.5. The highest BCUT2D eigenvalue weighted by molar-refractivity contribution is 7.91. The lowest BCUT2D eigenvalue weighted by Crippen LogP contribution is -2.16. The number of aromatic hydroxyl groups is 2. The number of ether oxygens (including phenoxy) is 2. The van der Waals surface area contributed by atoms with Crippen LogP contribution in [-0.2, 0) is 19.3 Å². The van der Waals surface area contributed by atoms with E-state index >= 15 is 0 Å². The fourth-order valence-corrected chi connectivity index (χ4v) is 5.69. The van der Waals surface area contributed by atoms with E-state index in [1.54, 1.807) is 12.1 Å². The van der Waals surface area contributed by atoms with Crippen molar-refractivity contribution in [3.8, 4) is 11.5 Å². The minimum Gasteiger partial charge on any atom is -0.507 e. The molecule has 178 valence electrons. The van der Waals surface area contributed by atoms with Crippen LogP contribution in [0.2, 0.25) is 0 Å². The summed E-state index contributed by atoms with van der Waals surface area (Å²) in [5.41, 5.74) is -0.287. The molecule has 0 saturated heterocycles. The second-order valence-corrected chi connectivity index (χ2v) is 9.73. The van der Waals surface area contributed by atoms with E-state index in [-0.39, 0.29) is 18.1 Å². The molecule has 0 radical (unpaired) electrons. The quantitative estimate of drug-likeness (QED) is 0.446. The predicted octanol–water partition coefficient (Wildman–Crippen LogP) is 4.33. The summed E-state index contributed by atoms with van der Waals surface area (Å²) in [6, 6.07) is 7.05. The van der Waals surface area contributed by atoms with Gasteiger partial charge in [-0.1, -0.05) is 31.4 Å². The molecule has 0 unspecified atom stereocenters. The fraction of sp³-hybridized carbons (Fsp3) is 0.417. The zero-order valence-electron chi connectivity index (χ0n) is 18.7. The zero-order valence-corrected chi connectivity index (χ0v) is 19.5. The Morgan fingerprint density at radius 2 is 1.52 bits per heavy atom. The molecule has 8 nitrogen and oxygen atoms in total. The van der Waals surface area contributed by atoms with Gasteiger partial charge in [0.05, 0.1) is 18.1 Å². The number of phenols is 2. The molecule has 0 aliphatic heterocycles. The first kappa shape index (κ1) is 24.6. The van der Waals surface area contributed by atoms with Gasteiger partial charge in [0.2, 0.25) is 9.84 Å². The number of carbonyl (C=O) groups is 2. The molecule has 1 aliphatic rings. The smallest absolute Gasteiger partial charge is 0.343 e. The predicted molar refractivity (Wildman–Crippen MR) is 119 cm³/mol. The second-order valence-electron chi connectivity index (χ2n) is 7.84. The van der Waals surface area contributed by atoms with Gasteiger partial charge in [-0.25, -0.2) is 18.0 Å². The number of carbonyl (C=O) groups excluding carboxylic acids is 2. The number of esters is 2. The molecular weight excluding hydrogens is 448 g/mol. The van der Waals surface area contributed by atoms with Crippen molar-refractivity contribution in [1.29, 1.82) is 0 Å². The lowest BCUT2D eigenvalue weighted by atomic mass is 9.84. The molecule has 2 aromatic carbocycles. The van der Waals surface area contributed by atoms with Crippen LogP contribution < -0.4 is 0 Å². The molecule has 2 N–H and O–H groups in total. The monoisotopic (exact) mass is 476 g/mol. The highest BCUT2D eigenvalue weighted by Gasteiger charge is 2.35. The molecule has 9 heteroatoms. The van der Waals surface area contributed by atoms with Gasteiger partial charge >= 0.3 is 11.9 Å². The van der Waals surface area contributed by atoms with Crippen molar-refractivity contribution in [3.63, 3.8) is 0 Å². The molecule has 0 bridgehead atoms. The first-order valence-electron chi connectivity index (χ1n) is 11.0. The number of phenolic OH excluding ortho intramolecular Hbond substituents is 2. The Morgan fingerprint density at radius 3 is 2.09 bits per heavy atom. The van der Waals surface area contributed by atoms with Gasteiger partial charge in [-0.3, -0.25) is 0 Å². The molecular formula is C24H28O8S. The van der Waals surface area contributed by atoms with Gasteiger partial charge < -0.3 is 19.7 Å². The number of sulfone groups is 1. The van der Waals surface area contributed by atoms with Crippen LogP contribution in [0.25, 0.3) is 0 Å². The van der Waals surface area contributed by atoms with Gasteiger partial charge in [-0.2, -0.15) is 0 Å². The topological polar surface area (TPSA) is 127 Å². The molecule has 33 heavy (non-hydrogen) atoms. The summed E-state index contributed by atoms with van der Waals surface area (Å²) in [6.07, 6.45) is 5.52. The average Bonchev–Trinajstić information content (AvgIpc) is 2.80. The Morgan fingerprint density at radius 1 is 0.939 bits per heavy atom. The lowest BCUT2D eigenvalue weighted by Gasteiger charge is -2.22. The van der Waals surface area contributed by atoms with E-state index in [9.17, 15) is 28.2 Å². The number of benzene rings is 2. The molecule has 0 heterocycles. The van der Waals surface area contributed by atoms with Crippen LogP contribution in [0.15, 0.2) is 40.1 Å². The summed E-state index contributed by atoms with van der Waals surface area (Å²) >= 11 is 0. The minimum absolute atomic E-state index is 0.0383. The van der Waals surface area contributed by atoms with Crippen LogP contribution in [0, 0.1) is 0 Å². The molecule has 2 aromatic rings. The molecule has 0 atom stereocenters. The van der Waals surface area contributed by atoms with Crippen molar-refractivity contribution in [2.45, 2.75) is 61.7 Å². The average molecular weight is 477 g/mol. The van der Waals surface area contributed by atoms with E-state index in [1.165, 1.54) is 32.4 Å². The molecule has 3 rings (SSSR count). The zero-order chi connectivity index (χ0) is 24.2. The van der Waals surface area contributed by atoms with E-state index < -0.39 is 49.3 Å². The molecule has 1 fully saturated rings. The first-order valence-corrected chi connectivity index (χ1v) is 12.5. The minimum atomic E-state index is -4.52. The Bertz CT molecular complexity index is 1130. The van der Waals surface area contributed by atoms with E-state index in [1.807, 2.05) is 0 Å². The maximum Gasteiger partial charge on any atom is 0.343 e. The van der Waals surface area contributed by atoms with Gasteiger partial charge in [-0.15, -0.1) is 0 Å². The Hall–Kier alpha value is -3.07. The summed E-state index contributed by atoms with van der Waals surface area (Å²) in [7, 11) is -4.52. The van der Waals surface area contributed by atoms with Crippen molar-refractivity contribution in [2.75, 3.05) is 13.2 Å². The summed E-state index contributed by atoms with van der Waals surface area (Å²) in [6.45, 7) is 2.92. The van der Waals surface area contributed by atoms with E-state index in [2.05, 4.69) is 0 Å². The summed E-state index contributed by atoms with van der Waals surface area (Å²) in [5, 5.41) is 21.2. The van der Waals surface area contributed by atoms with Gasteiger partial charge in [0.25, 0.3) is 0 Å². The van der Waals surface area contributed by atoms with Gasteiger partial charge in [0.15, 0.2) is 0 Å². The van der Waals surface area contributed by atoms with Gasteiger partial charge in [0.1, 0.15) is 27.5 Å². The van der Waals surface area contributed by atoms with Gasteiger partial charge in [0, 0.05) is 0 Å². The summed E-state index contributed by atoms with van der Waals surface area (Å²) in [5.74, 6) is -3.62. The molecule has 0 spiro atoms. The van der Waals surface area contributed by atoms with Crippen molar-refractivity contribution in [3.05, 3.63) is 47.0 Å². The third kappa shape index (κ3) is 4.98. The lowest BCUT2D eigenvalue weighted by molar-refractivity contribution is 0.0500.